The Labute approximate surface area is 186 Å². The van der Waals surface area contributed by atoms with Gasteiger partial charge in [0.15, 0.2) is 11.5 Å². The van der Waals surface area contributed by atoms with E-state index in [0.717, 1.165) is 29.7 Å². The third-order valence-electron chi connectivity index (χ3n) is 5.70. The first-order valence-electron chi connectivity index (χ1n) is 10.8. The van der Waals surface area contributed by atoms with Gasteiger partial charge >= 0.3 is 6.03 Å². The van der Waals surface area contributed by atoms with Crippen LogP contribution in [-0.2, 0) is 22.4 Å². The van der Waals surface area contributed by atoms with Gasteiger partial charge in [-0.1, -0.05) is 31.5 Å². The van der Waals surface area contributed by atoms with E-state index in [4.69, 9.17) is 9.47 Å². The summed E-state index contributed by atoms with van der Waals surface area (Å²) in [6.45, 7) is 3.62. The predicted octanol–water partition coefficient (Wildman–Crippen LogP) is 3.25. The molecule has 2 aromatic rings. The average Bonchev–Trinajstić information content (AvgIpc) is 3.31. The van der Waals surface area contributed by atoms with E-state index >= 15 is 0 Å². The molecule has 0 aliphatic carbocycles. The molecule has 8 nitrogen and oxygen atoms in total. The fourth-order valence-corrected chi connectivity index (χ4v) is 3.95. The highest BCUT2D eigenvalue weighted by Gasteiger charge is 2.48. The number of hydrogen-bond donors (Lipinski definition) is 2. The Bertz CT molecular complexity index is 1040. The number of nitrogens with zero attached hydrogens (tertiary/aromatic N) is 1. The van der Waals surface area contributed by atoms with Crippen molar-refractivity contribution in [1.29, 1.82) is 0 Å². The highest BCUT2D eigenvalue weighted by atomic mass is 16.7. The van der Waals surface area contributed by atoms with E-state index in [2.05, 4.69) is 17.6 Å². The van der Waals surface area contributed by atoms with Gasteiger partial charge in [-0.05, 0) is 55.2 Å². The highest BCUT2D eigenvalue weighted by molar-refractivity contribution is 6.10. The molecule has 0 bridgehead atoms. The van der Waals surface area contributed by atoms with E-state index in [0.29, 0.717) is 17.2 Å². The maximum absolute atomic E-state index is 13.0. The van der Waals surface area contributed by atoms with Gasteiger partial charge in [0.1, 0.15) is 12.1 Å². The molecular formula is C24H27N3O5. The topological polar surface area (TPSA) is 97.0 Å². The largest absolute Gasteiger partial charge is 0.454 e. The monoisotopic (exact) mass is 437 g/mol. The van der Waals surface area contributed by atoms with Gasteiger partial charge in [0.2, 0.25) is 12.7 Å². The molecule has 0 unspecified atom stereocenters. The molecule has 0 aromatic heterocycles. The second kappa shape index (κ2) is 8.90. The Morgan fingerprint density at radius 3 is 2.56 bits per heavy atom. The van der Waals surface area contributed by atoms with Crippen molar-refractivity contribution >= 4 is 23.5 Å². The van der Waals surface area contributed by atoms with E-state index in [1.54, 1.807) is 19.1 Å². The highest BCUT2D eigenvalue weighted by Crippen LogP contribution is 2.34. The Morgan fingerprint density at radius 1 is 1.09 bits per heavy atom. The van der Waals surface area contributed by atoms with Crippen molar-refractivity contribution in [2.75, 3.05) is 18.7 Å². The van der Waals surface area contributed by atoms with E-state index in [1.165, 1.54) is 5.56 Å². The van der Waals surface area contributed by atoms with Crippen LogP contribution in [0.2, 0.25) is 0 Å². The summed E-state index contributed by atoms with van der Waals surface area (Å²) in [5.74, 6) is 0.393. The molecule has 2 N–H and O–H groups in total. The zero-order valence-electron chi connectivity index (χ0n) is 18.3. The summed E-state index contributed by atoms with van der Waals surface area (Å²) in [4.78, 5) is 39.0. The fraction of sp³-hybridized carbons (Fsp3) is 0.375. The zero-order valence-corrected chi connectivity index (χ0v) is 18.3. The molecule has 2 aliphatic heterocycles. The van der Waals surface area contributed by atoms with Crippen molar-refractivity contribution in [1.82, 2.24) is 10.2 Å². The van der Waals surface area contributed by atoms with Crippen LogP contribution < -0.4 is 20.1 Å². The number of urea groups is 1. The van der Waals surface area contributed by atoms with Crippen molar-refractivity contribution in [3.05, 3.63) is 53.6 Å². The molecule has 8 heteroatoms. The van der Waals surface area contributed by atoms with Crippen LogP contribution in [0.15, 0.2) is 42.5 Å². The van der Waals surface area contributed by atoms with E-state index in [9.17, 15) is 14.4 Å². The zero-order chi connectivity index (χ0) is 22.7. The van der Waals surface area contributed by atoms with Crippen molar-refractivity contribution < 1.29 is 23.9 Å². The van der Waals surface area contributed by atoms with Crippen molar-refractivity contribution in [3.8, 4) is 11.5 Å². The molecule has 2 aromatic carbocycles. The predicted molar refractivity (Wildman–Crippen MR) is 119 cm³/mol. The molecule has 4 rings (SSSR count). The molecule has 4 amide bonds. The molecule has 168 valence electrons. The summed E-state index contributed by atoms with van der Waals surface area (Å²) in [7, 11) is 0. The first kappa shape index (κ1) is 21.7. The molecule has 1 atom stereocenters. The maximum Gasteiger partial charge on any atom is 0.325 e. The third-order valence-corrected chi connectivity index (χ3v) is 5.70. The first-order valence-corrected chi connectivity index (χ1v) is 10.8. The van der Waals surface area contributed by atoms with Gasteiger partial charge in [-0.3, -0.25) is 14.5 Å². The first-order chi connectivity index (χ1) is 15.4. The molecule has 2 heterocycles. The number of fused-ring (bicyclic) bond motifs is 1. The lowest BCUT2D eigenvalue weighted by Gasteiger charge is -2.22. The molecule has 2 aliphatic rings. The van der Waals surface area contributed by atoms with Gasteiger partial charge in [0.25, 0.3) is 5.91 Å². The molecule has 32 heavy (non-hydrogen) atoms. The Morgan fingerprint density at radius 2 is 1.81 bits per heavy atom. The van der Waals surface area contributed by atoms with E-state index < -0.39 is 23.4 Å². The van der Waals surface area contributed by atoms with Gasteiger partial charge in [0, 0.05) is 12.1 Å². The summed E-state index contributed by atoms with van der Waals surface area (Å²) in [5, 5.41) is 5.48. The van der Waals surface area contributed by atoms with Crippen LogP contribution in [-0.4, -0.2) is 41.6 Å². The number of rotatable bonds is 8. The number of ether oxygens (including phenoxy) is 2. The quantitative estimate of drug-likeness (QED) is 0.618. The lowest BCUT2D eigenvalue weighted by molar-refractivity contribution is -0.133. The molecule has 1 fully saturated rings. The van der Waals surface area contributed by atoms with E-state index in [1.807, 2.05) is 30.3 Å². The van der Waals surface area contributed by atoms with Crippen LogP contribution in [0, 0.1) is 0 Å². The van der Waals surface area contributed by atoms with Crippen LogP contribution in [0.5, 0.6) is 11.5 Å². The van der Waals surface area contributed by atoms with Crippen LogP contribution in [0.25, 0.3) is 0 Å². The van der Waals surface area contributed by atoms with Gasteiger partial charge < -0.3 is 20.1 Å². The van der Waals surface area contributed by atoms with Crippen molar-refractivity contribution in [3.63, 3.8) is 0 Å². The summed E-state index contributed by atoms with van der Waals surface area (Å²) in [6, 6.07) is 12.4. The lowest BCUT2D eigenvalue weighted by atomic mass is 9.92. The second-order valence-electron chi connectivity index (χ2n) is 8.37. The smallest absolute Gasteiger partial charge is 0.325 e. The van der Waals surface area contributed by atoms with E-state index in [-0.39, 0.29) is 19.8 Å². The Kier molecular flexibility index (Phi) is 6.03. The minimum absolute atomic E-state index is 0.163. The average molecular weight is 437 g/mol. The lowest BCUT2D eigenvalue weighted by Crippen LogP contribution is -2.46. The number of hydrogen-bond acceptors (Lipinski definition) is 5. The standard InChI is InChI=1S/C24H27N3O5/c1-3-4-5-16-6-9-18(10-7-16)25-21(28)14-27-22(29)24(2,26-23(27)30)13-17-8-11-19-20(12-17)32-15-31-19/h6-12H,3-5,13-15H2,1-2H3,(H,25,28)(H,26,30)/t24-/m0/s1. The Hall–Kier alpha value is -3.55. The summed E-state index contributed by atoms with van der Waals surface area (Å²) in [6.07, 6.45) is 3.50. The van der Waals surface area contributed by atoms with Crippen LogP contribution in [0.1, 0.15) is 37.8 Å². The van der Waals surface area contributed by atoms with Gasteiger partial charge in [-0.2, -0.15) is 0 Å². The number of anilines is 1. The van der Waals surface area contributed by atoms with Gasteiger partial charge in [-0.25, -0.2) is 4.79 Å². The molecule has 1 saturated heterocycles. The number of benzene rings is 2. The third kappa shape index (κ3) is 4.54. The molecular weight excluding hydrogens is 410 g/mol. The minimum Gasteiger partial charge on any atom is -0.454 e. The fourth-order valence-electron chi connectivity index (χ4n) is 3.95. The molecule has 0 saturated carbocycles. The summed E-state index contributed by atoms with van der Waals surface area (Å²) < 4.78 is 10.7. The summed E-state index contributed by atoms with van der Waals surface area (Å²) in [5.41, 5.74) is 1.51. The van der Waals surface area contributed by atoms with Crippen LogP contribution in [0.4, 0.5) is 10.5 Å². The van der Waals surface area contributed by atoms with Gasteiger partial charge in [0.05, 0.1) is 0 Å². The molecule has 0 spiro atoms. The summed E-state index contributed by atoms with van der Waals surface area (Å²) >= 11 is 0. The number of carbonyl (C=O) groups excluding carboxylic acids is 3. The Balaban J connectivity index is 1.37. The normalized spacial score (nSPS) is 19.2. The molecule has 0 radical (unpaired) electrons. The van der Waals surface area contributed by atoms with Crippen molar-refractivity contribution in [2.24, 2.45) is 0 Å². The maximum atomic E-state index is 13.0. The van der Waals surface area contributed by atoms with Crippen LogP contribution >= 0.6 is 0 Å². The minimum atomic E-state index is -1.15. The number of carbonyl (C=O) groups is 3. The van der Waals surface area contributed by atoms with Gasteiger partial charge in [-0.15, -0.1) is 0 Å². The number of imide groups is 1. The van der Waals surface area contributed by atoms with Crippen molar-refractivity contribution in [2.45, 2.75) is 45.1 Å². The second-order valence-corrected chi connectivity index (χ2v) is 8.37. The number of nitrogens with one attached hydrogen (secondary N) is 2. The number of amides is 4. The van der Waals surface area contributed by atoms with Crippen LogP contribution in [0.3, 0.4) is 0 Å². The number of unbranched alkanes of at least 4 members (excludes halogenated alkanes) is 1. The number of aryl methyl sites for hydroxylation is 1. The SMILES string of the molecule is CCCCc1ccc(NC(=O)CN2C(=O)N[C@@](C)(Cc3ccc4c(c3)OCO4)C2=O)cc1.